The first-order chi connectivity index (χ1) is 11.9. The zero-order valence-electron chi connectivity index (χ0n) is 13.3. The number of amides is 1. The van der Waals surface area contributed by atoms with Gasteiger partial charge in [0.15, 0.2) is 5.69 Å². The van der Waals surface area contributed by atoms with E-state index >= 15 is 0 Å². The van der Waals surface area contributed by atoms with Crippen molar-refractivity contribution in [1.82, 2.24) is 15.3 Å². The molecule has 1 aliphatic carbocycles. The first kappa shape index (κ1) is 17.2. The Labute approximate surface area is 142 Å². The van der Waals surface area contributed by atoms with Crippen LogP contribution in [0.3, 0.4) is 0 Å². The van der Waals surface area contributed by atoms with Gasteiger partial charge in [-0.2, -0.15) is 13.2 Å². The van der Waals surface area contributed by atoms with Gasteiger partial charge in [-0.3, -0.25) is 4.79 Å². The molecule has 25 heavy (non-hydrogen) atoms. The van der Waals surface area contributed by atoms with E-state index in [1.807, 2.05) is 0 Å². The molecular weight excluding hydrogens is 333 g/mol. The smallest absolute Gasteiger partial charge is 0.352 e. The van der Waals surface area contributed by atoms with Gasteiger partial charge in [-0.1, -0.05) is 24.6 Å². The minimum atomic E-state index is -4.75. The molecule has 3 rings (SSSR count). The number of carbonyl (C=O) groups excluding carboxylic acids is 1. The van der Waals surface area contributed by atoms with Crippen molar-refractivity contribution >= 4 is 17.5 Å². The number of halogens is 3. The average Bonchev–Trinajstić information content (AvgIpc) is 2.53. The zero-order valence-corrected chi connectivity index (χ0v) is 13.3. The molecule has 8 heteroatoms. The summed E-state index contributed by atoms with van der Waals surface area (Å²) in [7, 11) is 0. The lowest BCUT2D eigenvalue weighted by atomic mass is 9.85. The van der Waals surface area contributed by atoms with Crippen molar-refractivity contribution in [3.8, 4) is 0 Å². The molecule has 0 unspecified atom stereocenters. The Morgan fingerprint density at radius 1 is 1.20 bits per heavy atom. The van der Waals surface area contributed by atoms with Gasteiger partial charge in [0.2, 0.25) is 5.95 Å². The second-order valence-electron chi connectivity index (χ2n) is 5.95. The average molecular weight is 350 g/mol. The number of nitrogens with one attached hydrogen (secondary N) is 2. The standard InChI is InChI=1S/C17H17F3N4O/c18-17(19,20)14-13(15(25)21-9-11-5-4-6-11)10-22-16(24-14)23-12-7-2-1-3-8-12/h1-3,7-8,10-11H,4-6,9H2,(H,21,25)(H,22,23,24). The third-order valence-corrected chi connectivity index (χ3v) is 4.11. The Balaban J connectivity index is 1.81. The maximum absolute atomic E-state index is 13.3. The minimum absolute atomic E-state index is 0.214. The van der Waals surface area contributed by atoms with E-state index in [1.165, 1.54) is 0 Å². The molecule has 0 atom stereocenters. The summed E-state index contributed by atoms with van der Waals surface area (Å²) in [6.45, 7) is 0.375. The van der Waals surface area contributed by atoms with Crippen LogP contribution in [-0.4, -0.2) is 22.4 Å². The first-order valence-electron chi connectivity index (χ1n) is 7.98. The third kappa shape index (κ3) is 4.26. The fourth-order valence-electron chi connectivity index (χ4n) is 2.50. The Morgan fingerprint density at radius 3 is 2.52 bits per heavy atom. The van der Waals surface area contributed by atoms with Crippen molar-refractivity contribution in [2.24, 2.45) is 5.92 Å². The zero-order chi connectivity index (χ0) is 17.9. The largest absolute Gasteiger partial charge is 0.434 e. The fourth-order valence-corrected chi connectivity index (χ4v) is 2.50. The Hall–Kier alpha value is -2.64. The summed E-state index contributed by atoms with van der Waals surface area (Å²) in [5, 5.41) is 5.24. The molecule has 1 aromatic carbocycles. The number of anilines is 2. The molecule has 0 saturated heterocycles. The van der Waals surface area contributed by atoms with Crippen molar-refractivity contribution in [3.05, 3.63) is 47.8 Å². The minimum Gasteiger partial charge on any atom is -0.352 e. The van der Waals surface area contributed by atoms with Crippen LogP contribution in [0, 0.1) is 5.92 Å². The van der Waals surface area contributed by atoms with Crippen LogP contribution >= 0.6 is 0 Å². The summed E-state index contributed by atoms with van der Waals surface area (Å²) in [5.41, 5.74) is -1.25. The number of benzene rings is 1. The van der Waals surface area contributed by atoms with E-state index in [2.05, 4.69) is 20.6 Å². The lowest BCUT2D eigenvalue weighted by Gasteiger charge is -2.25. The lowest BCUT2D eigenvalue weighted by molar-refractivity contribution is -0.141. The summed E-state index contributed by atoms with van der Waals surface area (Å²) in [5.74, 6) is -0.669. The molecule has 132 valence electrons. The maximum Gasteiger partial charge on any atom is 0.434 e. The molecule has 5 nitrogen and oxygen atoms in total. The van der Waals surface area contributed by atoms with Crippen LogP contribution in [0.15, 0.2) is 36.5 Å². The van der Waals surface area contributed by atoms with Crippen LogP contribution < -0.4 is 10.6 Å². The normalized spacial score (nSPS) is 14.7. The van der Waals surface area contributed by atoms with Crippen molar-refractivity contribution in [1.29, 1.82) is 0 Å². The highest BCUT2D eigenvalue weighted by Crippen LogP contribution is 2.31. The third-order valence-electron chi connectivity index (χ3n) is 4.11. The number of rotatable bonds is 5. The first-order valence-corrected chi connectivity index (χ1v) is 7.98. The van der Waals surface area contributed by atoms with Crippen LogP contribution in [0.2, 0.25) is 0 Å². The summed E-state index contributed by atoms with van der Waals surface area (Å²) in [4.78, 5) is 19.5. The van der Waals surface area contributed by atoms with E-state index < -0.39 is 23.3 Å². The Morgan fingerprint density at radius 2 is 1.92 bits per heavy atom. The van der Waals surface area contributed by atoms with Crippen molar-refractivity contribution in [2.75, 3.05) is 11.9 Å². The summed E-state index contributed by atoms with van der Waals surface area (Å²) in [6, 6.07) is 8.60. The van der Waals surface area contributed by atoms with Crippen LogP contribution in [0.5, 0.6) is 0 Å². The molecule has 1 aromatic heterocycles. The van der Waals surface area contributed by atoms with E-state index in [4.69, 9.17) is 0 Å². The molecule has 0 radical (unpaired) electrons. The van der Waals surface area contributed by atoms with E-state index in [0.717, 1.165) is 25.5 Å². The Bertz CT molecular complexity index is 745. The van der Waals surface area contributed by atoms with Crippen LogP contribution in [0.4, 0.5) is 24.8 Å². The number of hydrogen-bond donors (Lipinski definition) is 2. The molecular formula is C17H17F3N4O. The van der Waals surface area contributed by atoms with Crippen molar-refractivity contribution in [3.63, 3.8) is 0 Å². The fraction of sp³-hybridized carbons (Fsp3) is 0.353. The molecule has 0 bridgehead atoms. The molecule has 1 amide bonds. The van der Waals surface area contributed by atoms with Crippen molar-refractivity contribution < 1.29 is 18.0 Å². The number of para-hydroxylation sites is 1. The second kappa shape index (κ2) is 7.08. The molecule has 0 spiro atoms. The number of alkyl halides is 3. The van der Waals surface area contributed by atoms with Gasteiger partial charge >= 0.3 is 6.18 Å². The van der Waals surface area contributed by atoms with Crippen LogP contribution in [-0.2, 0) is 6.18 Å². The monoisotopic (exact) mass is 350 g/mol. The van der Waals surface area contributed by atoms with E-state index in [1.54, 1.807) is 30.3 Å². The number of nitrogens with zero attached hydrogens (tertiary/aromatic N) is 2. The van der Waals surface area contributed by atoms with Gasteiger partial charge in [-0.15, -0.1) is 0 Å². The molecule has 1 aliphatic rings. The van der Waals surface area contributed by atoms with E-state index in [9.17, 15) is 18.0 Å². The van der Waals surface area contributed by atoms with E-state index in [0.29, 0.717) is 18.2 Å². The highest BCUT2D eigenvalue weighted by atomic mass is 19.4. The quantitative estimate of drug-likeness (QED) is 0.861. The summed E-state index contributed by atoms with van der Waals surface area (Å²) < 4.78 is 39.9. The molecule has 1 fully saturated rings. The second-order valence-corrected chi connectivity index (χ2v) is 5.95. The number of carbonyl (C=O) groups is 1. The van der Waals surface area contributed by atoms with Gasteiger partial charge in [-0.25, -0.2) is 9.97 Å². The van der Waals surface area contributed by atoms with Gasteiger partial charge < -0.3 is 10.6 Å². The van der Waals surface area contributed by atoms with Gasteiger partial charge in [0.05, 0.1) is 5.56 Å². The van der Waals surface area contributed by atoms with Gasteiger partial charge in [0.1, 0.15) is 0 Å². The highest BCUT2D eigenvalue weighted by molar-refractivity contribution is 5.95. The predicted octanol–water partition coefficient (Wildman–Crippen LogP) is 3.77. The van der Waals surface area contributed by atoms with E-state index in [-0.39, 0.29) is 5.95 Å². The van der Waals surface area contributed by atoms with Crippen molar-refractivity contribution in [2.45, 2.75) is 25.4 Å². The van der Waals surface area contributed by atoms with Crippen LogP contribution in [0.1, 0.15) is 35.3 Å². The molecule has 2 N–H and O–H groups in total. The lowest BCUT2D eigenvalue weighted by Crippen LogP contribution is -2.33. The molecule has 1 saturated carbocycles. The number of aromatic nitrogens is 2. The highest BCUT2D eigenvalue weighted by Gasteiger charge is 2.38. The summed E-state index contributed by atoms with van der Waals surface area (Å²) in [6.07, 6.45) is -0.764. The predicted molar refractivity (Wildman–Crippen MR) is 86.4 cm³/mol. The van der Waals surface area contributed by atoms with Gasteiger partial charge in [-0.05, 0) is 30.9 Å². The molecule has 1 heterocycles. The Kier molecular flexibility index (Phi) is 4.87. The van der Waals surface area contributed by atoms with Gasteiger partial charge in [0, 0.05) is 18.4 Å². The topological polar surface area (TPSA) is 66.9 Å². The number of hydrogen-bond acceptors (Lipinski definition) is 4. The SMILES string of the molecule is O=C(NCC1CCC1)c1cnc(Nc2ccccc2)nc1C(F)(F)F. The summed E-state index contributed by atoms with van der Waals surface area (Å²) >= 11 is 0. The molecule has 0 aliphatic heterocycles. The van der Waals surface area contributed by atoms with Gasteiger partial charge in [0.25, 0.3) is 5.91 Å². The maximum atomic E-state index is 13.3. The van der Waals surface area contributed by atoms with Crippen LogP contribution in [0.25, 0.3) is 0 Å². The molecule has 2 aromatic rings.